The Labute approximate surface area is 216 Å². The summed E-state index contributed by atoms with van der Waals surface area (Å²) in [6, 6.07) is 7.46. The number of Topliss-reactive ketones (excluding diaryl/α,β-unsaturated/α-hetero) is 1. The van der Waals surface area contributed by atoms with Crippen molar-refractivity contribution in [2.75, 3.05) is 26.8 Å². The molecule has 2 aromatic carbocycles. The summed E-state index contributed by atoms with van der Waals surface area (Å²) < 4.78 is 18.7. The minimum atomic E-state index is -0.199. The number of esters is 1. The molecule has 37 heavy (non-hydrogen) atoms. The van der Waals surface area contributed by atoms with E-state index in [1.165, 1.54) is 0 Å². The number of methoxy groups -OCH3 is 1. The van der Waals surface area contributed by atoms with Crippen molar-refractivity contribution in [1.29, 1.82) is 0 Å². The van der Waals surface area contributed by atoms with Crippen LogP contribution in [-0.2, 0) is 23.1 Å². The van der Waals surface area contributed by atoms with Gasteiger partial charge in [-0.25, -0.2) is 0 Å². The average molecular weight is 505 g/mol. The molecule has 1 fully saturated rings. The maximum absolute atomic E-state index is 13.5. The van der Waals surface area contributed by atoms with Crippen LogP contribution in [0.2, 0.25) is 0 Å². The third-order valence-corrected chi connectivity index (χ3v) is 7.32. The number of rotatable bonds is 6. The molecule has 0 atom stereocenters. The first-order valence-electron chi connectivity index (χ1n) is 12.6. The van der Waals surface area contributed by atoms with E-state index in [9.17, 15) is 14.7 Å². The molecule has 1 N–H and O–H groups in total. The van der Waals surface area contributed by atoms with Gasteiger partial charge in [-0.15, -0.1) is 0 Å². The van der Waals surface area contributed by atoms with Crippen molar-refractivity contribution in [2.24, 2.45) is 13.0 Å². The van der Waals surface area contributed by atoms with Crippen LogP contribution in [-0.4, -0.2) is 53.1 Å². The normalized spacial score (nSPS) is 17.3. The summed E-state index contributed by atoms with van der Waals surface area (Å²) in [5.74, 6) is 1.04. The van der Waals surface area contributed by atoms with E-state index in [0.717, 1.165) is 22.2 Å². The lowest BCUT2D eigenvalue weighted by Gasteiger charge is -2.31. The van der Waals surface area contributed by atoms with Crippen LogP contribution in [0.5, 0.6) is 17.2 Å². The molecule has 0 bridgehead atoms. The van der Waals surface area contributed by atoms with E-state index in [-0.39, 0.29) is 29.2 Å². The van der Waals surface area contributed by atoms with Crippen molar-refractivity contribution in [3.63, 3.8) is 0 Å². The summed E-state index contributed by atoms with van der Waals surface area (Å²) in [4.78, 5) is 27.7. The lowest BCUT2D eigenvalue weighted by atomic mass is 9.95. The zero-order chi connectivity index (χ0) is 26.3. The highest BCUT2D eigenvalue weighted by molar-refractivity contribution is 6.16. The molecule has 0 amide bonds. The summed E-state index contributed by atoms with van der Waals surface area (Å²) in [7, 11) is 3.58. The van der Waals surface area contributed by atoms with Gasteiger partial charge in [-0.1, -0.05) is 0 Å². The van der Waals surface area contributed by atoms with Crippen molar-refractivity contribution < 1.29 is 28.9 Å². The smallest absolute Gasteiger partial charge is 0.309 e. The number of phenolic OH excluding ortho intramolecular Hbond substituents is 1. The van der Waals surface area contributed by atoms with Crippen molar-refractivity contribution in [3.8, 4) is 17.2 Å². The SMILES string of the molecule is CCOC(=O)C1CCN(Cc2c(O)cc(C)c3c2O/C(=C/c2cn(C)c4ccc(OC)cc24)C3=O)CC1. The van der Waals surface area contributed by atoms with Crippen LogP contribution in [0.1, 0.15) is 46.8 Å². The number of carbonyl (C=O) groups is 2. The van der Waals surface area contributed by atoms with Gasteiger partial charge >= 0.3 is 5.97 Å². The first-order chi connectivity index (χ1) is 17.8. The number of allylic oxidation sites excluding steroid dienone is 1. The maximum Gasteiger partial charge on any atom is 0.309 e. The fourth-order valence-electron chi connectivity index (χ4n) is 5.33. The van der Waals surface area contributed by atoms with E-state index in [2.05, 4.69) is 4.90 Å². The Kier molecular flexibility index (Phi) is 6.69. The Bertz CT molecular complexity index is 1410. The second-order valence-corrected chi connectivity index (χ2v) is 9.72. The molecule has 8 nitrogen and oxygen atoms in total. The zero-order valence-electron chi connectivity index (χ0n) is 21.7. The van der Waals surface area contributed by atoms with E-state index >= 15 is 0 Å². The minimum absolute atomic E-state index is 0.0970. The molecular formula is C29H32N2O6. The summed E-state index contributed by atoms with van der Waals surface area (Å²) in [5.41, 5.74) is 3.60. The standard InChI is InChI=1S/C29H32N2O6/c1-5-36-29(34)18-8-10-31(11-9-18)16-22-24(32)12-17(2)26-27(33)25(37-28(22)26)13-19-15-30(3)23-7-6-20(35-4)14-21(19)23/h6-7,12-15,18,32H,5,8-11,16H2,1-4H3/b25-13+. The predicted octanol–water partition coefficient (Wildman–Crippen LogP) is 4.59. The molecule has 0 saturated carbocycles. The fourth-order valence-corrected chi connectivity index (χ4v) is 5.33. The number of fused-ring (bicyclic) bond motifs is 2. The first-order valence-corrected chi connectivity index (χ1v) is 12.6. The fraction of sp³-hybridized carbons (Fsp3) is 0.379. The molecule has 0 spiro atoms. The molecule has 2 aliphatic heterocycles. The lowest BCUT2D eigenvalue weighted by molar-refractivity contribution is -0.149. The number of aromatic hydroxyl groups is 1. The molecule has 3 aromatic rings. The number of carbonyl (C=O) groups excluding carboxylic acids is 2. The first kappa shape index (κ1) is 24.9. The molecule has 3 heterocycles. The third-order valence-electron chi connectivity index (χ3n) is 7.32. The van der Waals surface area contributed by atoms with Gasteiger partial charge in [0, 0.05) is 36.3 Å². The van der Waals surface area contributed by atoms with Crippen molar-refractivity contribution >= 4 is 28.7 Å². The molecule has 1 saturated heterocycles. The summed E-state index contributed by atoms with van der Waals surface area (Å²) in [6.45, 7) is 5.82. The Hall–Kier alpha value is -3.78. The van der Waals surface area contributed by atoms with Crippen LogP contribution in [0.4, 0.5) is 0 Å². The second-order valence-electron chi connectivity index (χ2n) is 9.72. The van der Waals surface area contributed by atoms with Gasteiger partial charge in [-0.3, -0.25) is 14.5 Å². The van der Waals surface area contributed by atoms with Crippen LogP contribution < -0.4 is 9.47 Å². The Morgan fingerprint density at radius 2 is 2.00 bits per heavy atom. The van der Waals surface area contributed by atoms with Gasteiger partial charge in [0.15, 0.2) is 5.76 Å². The van der Waals surface area contributed by atoms with Gasteiger partial charge in [0.1, 0.15) is 17.2 Å². The number of phenols is 1. The molecule has 0 unspecified atom stereocenters. The van der Waals surface area contributed by atoms with Gasteiger partial charge in [-0.05, 0) is 75.7 Å². The number of aromatic nitrogens is 1. The van der Waals surface area contributed by atoms with Crippen molar-refractivity contribution in [2.45, 2.75) is 33.2 Å². The second kappa shape index (κ2) is 9.94. The van der Waals surface area contributed by atoms with Crippen LogP contribution in [0.3, 0.4) is 0 Å². The number of aryl methyl sites for hydroxylation is 2. The molecule has 0 aliphatic carbocycles. The number of benzene rings is 2. The Balaban J connectivity index is 1.43. The molecular weight excluding hydrogens is 472 g/mol. The topological polar surface area (TPSA) is 90.2 Å². The van der Waals surface area contributed by atoms with E-state index in [0.29, 0.717) is 61.5 Å². The van der Waals surface area contributed by atoms with Crippen molar-refractivity contribution in [1.82, 2.24) is 9.47 Å². The molecule has 0 radical (unpaired) electrons. The lowest BCUT2D eigenvalue weighted by Crippen LogP contribution is -2.36. The highest BCUT2D eigenvalue weighted by atomic mass is 16.5. The van der Waals surface area contributed by atoms with Gasteiger partial charge in [-0.2, -0.15) is 0 Å². The van der Waals surface area contributed by atoms with E-state index in [1.807, 2.05) is 42.9 Å². The molecule has 194 valence electrons. The Morgan fingerprint density at radius 3 is 2.70 bits per heavy atom. The van der Waals surface area contributed by atoms with E-state index < -0.39 is 0 Å². The summed E-state index contributed by atoms with van der Waals surface area (Å²) in [5, 5.41) is 11.8. The number of ether oxygens (including phenoxy) is 3. The van der Waals surface area contributed by atoms with Gasteiger partial charge in [0.2, 0.25) is 5.78 Å². The summed E-state index contributed by atoms with van der Waals surface area (Å²) in [6.07, 6.45) is 5.11. The monoisotopic (exact) mass is 504 g/mol. The highest BCUT2D eigenvalue weighted by Crippen LogP contribution is 2.43. The van der Waals surface area contributed by atoms with Crippen molar-refractivity contribution in [3.05, 3.63) is 58.5 Å². The van der Waals surface area contributed by atoms with Gasteiger partial charge in [0.25, 0.3) is 0 Å². The number of nitrogens with zero attached hydrogens (tertiary/aromatic N) is 2. The molecule has 8 heteroatoms. The number of hydrogen-bond acceptors (Lipinski definition) is 7. The molecule has 2 aliphatic rings. The number of ketones is 1. The van der Waals surface area contributed by atoms with Crippen LogP contribution >= 0.6 is 0 Å². The minimum Gasteiger partial charge on any atom is -0.507 e. The average Bonchev–Trinajstić information content (AvgIpc) is 3.38. The number of hydrogen-bond donors (Lipinski definition) is 1. The number of likely N-dealkylation sites (tertiary alicyclic amines) is 1. The zero-order valence-corrected chi connectivity index (χ0v) is 21.7. The molecule has 1 aromatic heterocycles. The molecule has 5 rings (SSSR count). The van der Waals surface area contributed by atoms with Crippen LogP contribution in [0, 0.1) is 12.8 Å². The largest absolute Gasteiger partial charge is 0.507 e. The van der Waals surface area contributed by atoms with Crippen LogP contribution in [0.25, 0.3) is 17.0 Å². The van der Waals surface area contributed by atoms with Gasteiger partial charge in [0.05, 0.1) is 30.8 Å². The van der Waals surface area contributed by atoms with E-state index in [1.54, 1.807) is 26.2 Å². The highest BCUT2D eigenvalue weighted by Gasteiger charge is 2.35. The Morgan fingerprint density at radius 1 is 1.24 bits per heavy atom. The maximum atomic E-state index is 13.5. The van der Waals surface area contributed by atoms with E-state index in [4.69, 9.17) is 14.2 Å². The summed E-state index contributed by atoms with van der Waals surface area (Å²) >= 11 is 0. The van der Waals surface area contributed by atoms with Crippen LogP contribution in [0.15, 0.2) is 36.2 Å². The predicted molar refractivity (Wildman–Crippen MR) is 140 cm³/mol. The number of piperidine rings is 1. The third kappa shape index (κ3) is 4.57. The van der Waals surface area contributed by atoms with Gasteiger partial charge < -0.3 is 23.9 Å². The quantitative estimate of drug-likeness (QED) is 0.388.